The Bertz CT molecular complexity index is 1410. The zero-order valence-corrected chi connectivity index (χ0v) is 20.0. The number of hydrogen-bond donors (Lipinski definition) is 0. The van der Waals surface area contributed by atoms with Crippen molar-refractivity contribution in [3.63, 3.8) is 0 Å². The van der Waals surface area contributed by atoms with Crippen molar-refractivity contribution in [3.05, 3.63) is 93.9 Å². The molecule has 2 aromatic carbocycles. The smallest absolute Gasteiger partial charge is 0.262 e. The van der Waals surface area contributed by atoms with Crippen LogP contribution in [0.15, 0.2) is 81.9 Å². The Morgan fingerprint density at radius 3 is 2.41 bits per heavy atom. The lowest BCUT2D eigenvalue weighted by Crippen LogP contribution is -2.39. The minimum absolute atomic E-state index is 0.0966. The maximum Gasteiger partial charge on any atom is 0.262 e. The summed E-state index contributed by atoms with van der Waals surface area (Å²) in [6.07, 6.45) is 0. The number of amidine groups is 1. The van der Waals surface area contributed by atoms with Crippen LogP contribution in [0.2, 0.25) is 5.15 Å². The van der Waals surface area contributed by atoms with E-state index in [2.05, 4.69) is 20.0 Å². The van der Waals surface area contributed by atoms with Crippen LogP contribution in [0.5, 0.6) is 0 Å². The second-order valence-corrected chi connectivity index (χ2v) is 9.39. The molecular weight excluding hydrogens is 468 g/mol. The number of fused-ring (bicyclic) bond motifs is 2. The van der Waals surface area contributed by atoms with Crippen LogP contribution in [0.25, 0.3) is 0 Å². The highest BCUT2D eigenvalue weighted by Crippen LogP contribution is 2.50. The van der Waals surface area contributed by atoms with Gasteiger partial charge in [-0.3, -0.25) is 4.79 Å². The number of rotatable bonds is 3. The van der Waals surface area contributed by atoms with Crippen molar-refractivity contribution < 1.29 is 4.79 Å². The first-order valence-corrected chi connectivity index (χ1v) is 12.1. The zero-order chi connectivity index (χ0) is 23.4. The van der Waals surface area contributed by atoms with Crippen molar-refractivity contribution in [1.82, 2.24) is 14.9 Å². The highest BCUT2D eigenvalue weighted by atomic mass is 35.5. The van der Waals surface area contributed by atoms with E-state index in [1.54, 1.807) is 6.92 Å². The number of hydrazone groups is 1. The summed E-state index contributed by atoms with van der Waals surface area (Å²) < 4.78 is 0. The number of para-hydroxylation sites is 1. The molecule has 0 saturated carbocycles. The fourth-order valence-electron chi connectivity index (χ4n) is 4.57. The molecule has 0 saturated heterocycles. The summed E-state index contributed by atoms with van der Waals surface area (Å²) in [6, 6.07) is 19.2. The van der Waals surface area contributed by atoms with Crippen molar-refractivity contribution in [2.24, 2.45) is 16.0 Å². The topological polar surface area (TPSA) is 74.0 Å². The van der Waals surface area contributed by atoms with Crippen LogP contribution in [-0.4, -0.2) is 31.7 Å². The van der Waals surface area contributed by atoms with E-state index in [9.17, 15) is 4.79 Å². The molecule has 7 nitrogen and oxygen atoms in total. The Labute approximate surface area is 205 Å². The van der Waals surface area contributed by atoms with E-state index < -0.39 is 5.92 Å². The van der Waals surface area contributed by atoms with E-state index in [0.29, 0.717) is 16.8 Å². The standard InChI is InChI=1S/C25H19ClN6OS/c1-14-19(24(33)32(30-14)17-11-7-4-8-12-17)18-13-34-25-29-23-20(22(26)27-15(2)28-23)21(31(18)25)16-9-5-3-6-10-16/h3-13,19,21H,1-2H3. The molecule has 2 atom stereocenters. The molecule has 2 unspecified atom stereocenters. The molecule has 9 heteroatoms. The maximum atomic E-state index is 13.6. The number of aromatic nitrogens is 2. The van der Waals surface area contributed by atoms with Gasteiger partial charge in [0.05, 0.1) is 23.0 Å². The molecule has 0 N–H and O–H groups in total. The molecule has 34 heavy (non-hydrogen) atoms. The van der Waals surface area contributed by atoms with Crippen LogP contribution in [0, 0.1) is 12.8 Å². The van der Waals surface area contributed by atoms with E-state index in [0.717, 1.165) is 33.4 Å². The summed E-state index contributed by atoms with van der Waals surface area (Å²) in [6.45, 7) is 3.69. The number of anilines is 1. The lowest BCUT2D eigenvalue weighted by atomic mass is 9.93. The Morgan fingerprint density at radius 2 is 1.68 bits per heavy atom. The predicted octanol–water partition coefficient (Wildman–Crippen LogP) is 5.46. The van der Waals surface area contributed by atoms with E-state index in [1.807, 2.05) is 73.0 Å². The van der Waals surface area contributed by atoms with Gasteiger partial charge in [0.25, 0.3) is 5.91 Å². The molecule has 1 amide bonds. The molecule has 3 aromatic rings. The molecule has 3 aliphatic heterocycles. The van der Waals surface area contributed by atoms with Gasteiger partial charge in [-0.15, -0.1) is 0 Å². The molecule has 3 aliphatic rings. The summed E-state index contributed by atoms with van der Waals surface area (Å²) in [5, 5.41) is 9.20. The number of benzene rings is 2. The normalized spacial score (nSPS) is 21.1. The van der Waals surface area contributed by atoms with Gasteiger partial charge in [-0.25, -0.2) is 15.0 Å². The number of aryl methyl sites for hydroxylation is 1. The third-order valence-corrected chi connectivity index (χ3v) is 7.18. The monoisotopic (exact) mass is 486 g/mol. The molecule has 6 rings (SSSR count). The van der Waals surface area contributed by atoms with Gasteiger partial charge in [0.2, 0.25) is 0 Å². The van der Waals surface area contributed by atoms with Crippen LogP contribution in [0.4, 0.5) is 11.5 Å². The highest BCUT2D eigenvalue weighted by molar-refractivity contribution is 8.16. The van der Waals surface area contributed by atoms with Gasteiger partial charge in [0, 0.05) is 5.70 Å². The minimum atomic E-state index is -0.529. The third-order valence-electron chi connectivity index (χ3n) is 6.04. The van der Waals surface area contributed by atoms with Gasteiger partial charge in [-0.05, 0) is 37.0 Å². The number of halogens is 1. The van der Waals surface area contributed by atoms with Crippen molar-refractivity contribution in [1.29, 1.82) is 0 Å². The third kappa shape index (κ3) is 3.25. The molecular formula is C25H19ClN6OS. The van der Waals surface area contributed by atoms with Gasteiger partial charge >= 0.3 is 0 Å². The van der Waals surface area contributed by atoms with Crippen LogP contribution >= 0.6 is 23.4 Å². The lowest BCUT2D eigenvalue weighted by Gasteiger charge is -2.37. The van der Waals surface area contributed by atoms with E-state index in [1.165, 1.54) is 16.8 Å². The van der Waals surface area contributed by atoms with E-state index >= 15 is 0 Å². The number of carbonyl (C=O) groups excluding carboxylic acids is 1. The molecule has 0 fully saturated rings. The number of amides is 1. The molecule has 0 radical (unpaired) electrons. The van der Waals surface area contributed by atoms with Crippen LogP contribution in [0.1, 0.15) is 29.9 Å². The summed E-state index contributed by atoms with van der Waals surface area (Å²) in [4.78, 5) is 29.5. The maximum absolute atomic E-state index is 13.6. The van der Waals surface area contributed by atoms with Gasteiger partial charge in [0.15, 0.2) is 11.0 Å². The zero-order valence-electron chi connectivity index (χ0n) is 18.4. The largest absolute Gasteiger partial charge is 0.311 e. The van der Waals surface area contributed by atoms with Gasteiger partial charge in [-0.2, -0.15) is 10.1 Å². The minimum Gasteiger partial charge on any atom is -0.311 e. The summed E-state index contributed by atoms with van der Waals surface area (Å²) in [7, 11) is 0. The van der Waals surface area contributed by atoms with Gasteiger partial charge in [-0.1, -0.05) is 71.9 Å². The molecule has 0 aliphatic carbocycles. The van der Waals surface area contributed by atoms with Crippen molar-refractivity contribution in [2.45, 2.75) is 19.9 Å². The molecule has 0 spiro atoms. The Hall–Kier alpha value is -3.49. The van der Waals surface area contributed by atoms with Gasteiger partial charge < -0.3 is 4.90 Å². The fourth-order valence-corrected chi connectivity index (χ4v) is 5.82. The van der Waals surface area contributed by atoms with Crippen molar-refractivity contribution in [3.8, 4) is 0 Å². The van der Waals surface area contributed by atoms with Crippen LogP contribution in [0.3, 0.4) is 0 Å². The van der Waals surface area contributed by atoms with Crippen molar-refractivity contribution >= 4 is 51.7 Å². The SMILES string of the molecule is CC1=NN(c2ccccc2)C(=O)C1C1=CSC2=Nc3nc(C)nc(Cl)c3C(c3ccccc3)N12. The predicted molar refractivity (Wildman–Crippen MR) is 135 cm³/mol. The quantitative estimate of drug-likeness (QED) is 0.460. The first-order chi connectivity index (χ1) is 16.5. The summed E-state index contributed by atoms with van der Waals surface area (Å²) >= 11 is 8.16. The second-order valence-electron chi connectivity index (χ2n) is 8.20. The number of nitrogens with zero attached hydrogens (tertiary/aromatic N) is 6. The Morgan fingerprint density at radius 1 is 0.971 bits per heavy atom. The average molecular weight is 487 g/mol. The van der Waals surface area contributed by atoms with E-state index in [4.69, 9.17) is 16.6 Å². The van der Waals surface area contributed by atoms with E-state index in [-0.39, 0.29) is 11.9 Å². The number of hydrogen-bond acceptors (Lipinski definition) is 7. The second kappa shape index (κ2) is 8.07. The van der Waals surface area contributed by atoms with Crippen LogP contribution < -0.4 is 5.01 Å². The summed E-state index contributed by atoms with van der Waals surface area (Å²) in [5.74, 6) is 0.504. The molecule has 168 valence electrons. The highest BCUT2D eigenvalue weighted by Gasteiger charge is 2.47. The summed E-state index contributed by atoms with van der Waals surface area (Å²) in [5.41, 5.74) is 4.04. The Balaban J connectivity index is 1.46. The first kappa shape index (κ1) is 21.1. The average Bonchev–Trinajstić information content (AvgIpc) is 3.38. The lowest BCUT2D eigenvalue weighted by molar-refractivity contribution is -0.119. The number of carbonyl (C=O) groups is 1. The van der Waals surface area contributed by atoms with Crippen LogP contribution in [-0.2, 0) is 4.79 Å². The van der Waals surface area contributed by atoms with Crippen molar-refractivity contribution in [2.75, 3.05) is 5.01 Å². The molecule has 1 aromatic heterocycles. The number of thioether (sulfide) groups is 1. The number of aliphatic imine (C=N–C) groups is 1. The Kier molecular flexibility index (Phi) is 5.00. The van der Waals surface area contributed by atoms with Gasteiger partial charge in [0.1, 0.15) is 16.9 Å². The fraction of sp³-hybridized carbons (Fsp3) is 0.160. The molecule has 4 heterocycles. The first-order valence-electron chi connectivity index (χ1n) is 10.8. The molecule has 0 bridgehead atoms.